The van der Waals surface area contributed by atoms with Gasteiger partial charge in [0, 0.05) is 25.6 Å². The molecule has 1 N–H and O–H groups in total. The average Bonchev–Trinajstić information content (AvgIpc) is 2.54. The molecule has 0 aliphatic carbocycles. The molecular formula is C17H24N2O3. The fourth-order valence-corrected chi connectivity index (χ4v) is 2.42. The number of carbonyl (C=O) groups excluding carboxylic acids is 2. The minimum Gasteiger partial charge on any atom is -0.410 e. The van der Waals surface area contributed by atoms with Gasteiger partial charge in [0.15, 0.2) is 0 Å². The quantitative estimate of drug-likeness (QED) is 0.930. The van der Waals surface area contributed by atoms with Crippen molar-refractivity contribution >= 4 is 12.0 Å². The van der Waals surface area contributed by atoms with Gasteiger partial charge in [-0.2, -0.15) is 0 Å². The minimum atomic E-state index is -0.295. The summed E-state index contributed by atoms with van der Waals surface area (Å²) in [5, 5.41) is 2.96. The van der Waals surface area contributed by atoms with E-state index in [-0.39, 0.29) is 17.9 Å². The van der Waals surface area contributed by atoms with Gasteiger partial charge in [-0.3, -0.25) is 4.79 Å². The molecular weight excluding hydrogens is 280 g/mol. The third-order valence-electron chi connectivity index (χ3n) is 3.91. The molecule has 1 aliphatic rings. The fourth-order valence-electron chi connectivity index (χ4n) is 2.42. The summed E-state index contributed by atoms with van der Waals surface area (Å²) in [6.07, 6.45) is 1.49. The summed E-state index contributed by atoms with van der Waals surface area (Å²) < 4.78 is 5.34. The first-order chi connectivity index (χ1) is 10.6. The van der Waals surface area contributed by atoms with E-state index in [0.717, 1.165) is 12.8 Å². The van der Waals surface area contributed by atoms with Crippen LogP contribution in [0.25, 0.3) is 0 Å². The Balaban J connectivity index is 1.72. The minimum absolute atomic E-state index is 0.0148. The Labute approximate surface area is 131 Å². The molecule has 2 amide bonds. The van der Waals surface area contributed by atoms with E-state index in [2.05, 4.69) is 5.32 Å². The molecule has 1 saturated heterocycles. The molecule has 5 heteroatoms. The number of hydrogen-bond acceptors (Lipinski definition) is 3. The van der Waals surface area contributed by atoms with Crippen LogP contribution >= 0.6 is 0 Å². The lowest BCUT2D eigenvalue weighted by Crippen LogP contribution is -2.43. The predicted molar refractivity (Wildman–Crippen MR) is 84.6 cm³/mol. The van der Waals surface area contributed by atoms with Crippen LogP contribution in [-0.2, 0) is 4.79 Å². The van der Waals surface area contributed by atoms with Crippen LogP contribution in [0, 0.1) is 11.8 Å². The smallest absolute Gasteiger partial charge is 0.410 e. The molecule has 1 heterocycles. The van der Waals surface area contributed by atoms with E-state index in [9.17, 15) is 9.59 Å². The number of rotatable bonds is 4. The first-order valence-electron chi connectivity index (χ1n) is 7.85. The fraction of sp³-hybridized carbons (Fsp3) is 0.529. The average molecular weight is 304 g/mol. The molecule has 0 radical (unpaired) electrons. The highest BCUT2D eigenvalue weighted by atomic mass is 16.6. The van der Waals surface area contributed by atoms with Crippen LogP contribution in [0.5, 0.6) is 5.75 Å². The maximum absolute atomic E-state index is 12.1. The largest absolute Gasteiger partial charge is 0.415 e. The zero-order chi connectivity index (χ0) is 15.9. The predicted octanol–water partition coefficient (Wildman–Crippen LogP) is 2.67. The van der Waals surface area contributed by atoms with Crippen molar-refractivity contribution in [2.45, 2.75) is 26.7 Å². The summed E-state index contributed by atoms with van der Waals surface area (Å²) in [4.78, 5) is 25.4. The lowest BCUT2D eigenvalue weighted by molar-refractivity contribution is -0.124. The number of para-hydroxylation sites is 1. The van der Waals surface area contributed by atoms with E-state index in [1.807, 2.05) is 32.0 Å². The first-order valence-corrected chi connectivity index (χ1v) is 7.85. The van der Waals surface area contributed by atoms with Crippen molar-refractivity contribution in [2.75, 3.05) is 19.6 Å². The van der Waals surface area contributed by atoms with E-state index < -0.39 is 0 Å². The van der Waals surface area contributed by atoms with Gasteiger partial charge < -0.3 is 15.0 Å². The normalized spacial score (nSPS) is 15.7. The molecule has 1 aromatic rings. The summed E-state index contributed by atoms with van der Waals surface area (Å²) in [7, 11) is 0. The summed E-state index contributed by atoms with van der Waals surface area (Å²) in [5.41, 5.74) is 0. The second-order valence-electron chi connectivity index (χ2n) is 6.01. The van der Waals surface area contributed by atoms with E-state index in [0.29, 0.717) is 31.3 Å². The van der Waals surface area contributed by atoms with Gasteiger partial charge in [-0.05, 0) is 30.9 Å². The van der Waals surface area contributed by atoms with Gasteiger partial charge in [0.1, 0.15) is 5.75 Å². The molecule has 0 spiro atoms. The SMILES string of the molecule is CC(C)C(=O)NCC1CCN(C(=O)Oc2ccccc2)CC1. The molecule has 1 aliphatic heterocycles. The molecule has 0 saturated carbocycles. The van der Waals surface area contributed by atoms with Gasteiger partial charge in [-0.15, -0.1) is 0 Å². The van der Waals surface area contributed by atoms with Crippen LogP contribution in [0.4, 0.5) is 4.79 Å². The highest BCUT2D eigenvalue weighted by Crippen LogP contribution is 2.18. The maximum Gasteiger partial charge on any atom is 0.415 e. The Hall–Kier alpha value is -2.04. The number of nitrogens with zero attached hydrogens (tertiary/aromatic N) is 1. The summed E-state index contributed by atoms with van der Waals surface area (Å²) in [6.45, 7) is 5.81. The monoisotopic (exact) mass is 304 g/mol. The van der Waals surface area contributed by atoms with Crippen molar-refractivity contribution in [3.05, 3.63) is 30.3 Å². The van der Waals surface area contributed by atoms with Crippen LogP contribution in [0.15, 0.2) is 30.3 Å². The van der Waals surface area contributed by atoms with Crippen molar-refractivity contribution in [3.63, 3.8) is 0 Å². The maximum atomic E-state index is 12.1. The summed E-state index contributed by atoms with van der Waals surface area (Å²) in [6, 6.07) is 9.10. The highest BCUT2D eigenvalue weighted by molar-refractivity contribution is 5.77. The lowest BCUT2D eigenvalue weighted by Gasteiger charge is -2.31. The summed E-state index contributed by atoms with van der Waals surface area (Å²) >= 11 is 0. The number of piperidine rings is 1. The molecule has 1 aromatic carbocycles. The van der Waals surface area contributed by atoms with Gasteiger partial charge in [0.2, 0.25) is 5.91 Å². The van der Waals surface area contributed by atoms with Crippen LogP contribution in [0.3, 0.4) is 0 Å². The zero-order valence-corrected chi connectivity index (χ0v) is 13.2. The van der Waals surface area contributed by atoms with E-state index in [1.165, 1.54) is 0 Å². The van der Waals surface area contributed by atoms with Crippen LogP contribution in [-0.4, -0.2) is 36.5 Å². The van der Waals surface area contributed by atoms with E-state index >= 15 is 0 Å². The van der Waals surface area contributed by atoms with Gasteiger partial charge in [0.25, 0.3) is 0 Å². The molecule has 1 fully saturated rings. The molecule has 0 unspecified atom stereocenters. The van der Waals surface area contributed by atoms with Crippen molar-refractivity contribution in [3.8, 4) is 5.75 Å². The Morgan fingerprint density at radius 3 is 2.45 bits per heavy atom. The van der Waals surface area contributed by atoms with E-state index in [1.54, 1.807) is 17.0 Å². The molecule has 22 heavy (non-hydrogen) atoms. The molecule has 120 valence electrons. The van der Waals surface area contributed by atoms with Crippen LogP contribution in [0.1, 0.15) is 26.7 Å². The molecule has 2 rings (SSSR count). The summed E-state index contributed by atoms with van der Waals surface area (Å²) in [5.74, 6) is 1.11. The van der Waals surface area contributed by atoms with Crippen molar-refractivity contribution in [2.24, 2.45) is 11.8 Å². The molecule has 0 bridgehead atoms. The number of nitrogens with one attached hydrogen (secondary N) is 1. The second-order valence-corrected chi connectivity index (χ2v) is 6.01. The van der Waals surface area contributed by atoms with E-state index in [4.69, 9.17) is 4.74 Å². The number of amides is 2. The van der Waals surface area contributed by atoms with Gasteiger partial charge in [-0.25, -0.2) is 4.79 Å². The van der Waals surface area contributed by atoms with Crippen LogP contribution in [0.2, 0.25) is 0 Å². The number of likely N-dealkylation sites (tertiary alicyclic amines) is 1. The first kappa shape index (κ1) is 16.3. The lowest BCUT2D eigenvalue weighted by atomic mass is 9.97. The number of hydrogen-bond donors (Lipinski definition) is 1. The Kier molecular flexibility index (Phi) is 5.81. The molecule has 0 atom stereocenters. The molecule has 0 aromatic heterocycles. The Morgan fingerprint density at radius 2 is 1.86 bits per heavy atom. The zero-order valence-electron chi connectivity index (χ0n) is 13.2. The number of benzene rings is 1. The number of carbonyl (C=O) groups is 2. The topological polar surface area (TPSA) is 58.6 Å². The third-order valence-corrected chi connectivity index (χ3v) is 3.91. The Bertz CT molecular complexity index is 494. The van der Waals surface area contributed by atoms with Crippen molar-refractivity contribution < 1.29 is 14.3 Å². The van der Waals surface area contributed by atoms with Crippen molar-refractivity contribution in [1.82, 2.24) is 10.2 Å². The van der Waals surface area contributed by atoms with Gasteiger partial charge in [-0.1, -0.05) is 32.0 Å². The van der Waals surface area contributed by atoms with Crippen molar-refractivity contribution in [1.29, 1.82) is 0 Å². The standard InChI is InChI=1S/C17H24N2O3/c1-13(2)16(20)18-12-14-8-10-19(11-9-14)17(21)22-15-6-4-3-5-7-15/h3-7,13-14H,8-12H2,1-2H3,(H,18,20). The second kappa shape index (κ2) is 7.82. The molecule has 5 nitrogen and oxygen atoms in total. The Morgan fingerprint density at radius 1 is 1.23 bits per heavy atom. The van der Waals surface area contributed by atoms with Gasteiger partial charge in [0.05, 0.1) is 0 Å². The highest BCUT2D eigenvalue weighted by Gasteiger charge is 2.24. The number of ether oxygens (including phenoxy) is 1. The van der Waals surface area contributed by atoms with Crippen LogP contribution < -0.4 is 10.1 Å². The van der Waals surface area contributed by atoms with Gasteiger partial charge >= 0.3 is 6.09 Å². The third kappa shape index (κ3) is 4.76.